The zero-order valence-electron chi connectivity index (χ0n) is 22.3. The number of benzene rings is 2. The minimum absolute atomic E-state index is 0.0144. The largest absolute Gasteiger partial charge is 0.506 e. The van der Waals surface area contributed by atoms with Crippen molar-refractivity contribution in [2.45, 2.75) is 38.3 Å². The Morgan fingerprint density at radius 2 is 1.79 bits per heavy atom. The van der Waals surface area contributed by atoms with Crippen LogP contribution in [0, 0.1) is 11.3 Å². The maximum atomic E-state index is 12.7. The van der Waals surface area contributed by atoms with E-state index in [0.717, 1.165) is 37.9 Å². The normalized spacial score (nSPS) is 15.8. The van der Waals surface area contributed by atoms with Gasteiger partial charge in [0.05, 0.1) is 30.9 Å². The summed E-state index contributed by atoms with van der Waals surface area (Å²) in [5, 5.41) is 32.0. The third-order valence-electron chi connectivity index (χ3n) is 6.78. The van der Waals surface area contributed by atoms with Crippen molar-refractivity contribution in [1.82, 2.24) is 5.32 Å². The molecule has 2 aromatic rings. The van der Waals surface area contributed by atoms with Gasteiger partial charge >= 0.3 is 5.97 Å². The standard InChI is InChI=1S/C27H36N4O7S/c1-4-21(27(35)38-2)25(28)26(34)17-5-8-20(9-6-17)31-13-11-19(12-14-31)29-16-24(33)18-7-10-23(32)22(15-18)30-39(3,36)37/h5-10,15,19,21,24,28-30,32-33H,4,11-14,16H2,1-3H3/t21-,24-/m0/s1. The van der Waals surface area contributed by atoms with E-state index in [1.807, 2.05) is 12.1 Å². The van der Waals surface area contributed by atoms with Crippen molar-refractivity contribution in [2.75, 3.05) is 42.6 Å². The zero-order chi connectivity index (χ0) is 28.7. The number of nitrogens with zero attached hydrogens (tertiary/aromatic N) is 1. The summed E-state index contributed by atoms with van der Waals surface area (Å²) in [6, 6.07) is 11.5. The Morgan fingerprint density at radius 1 is 1.15 bits per heavy atom. The highest BCUT2D eigenvalue weighted by Crippen LogP contribution is 2.28. The molecular weight excluding hydrogens is 524 g/mol. The van der Waals surface area contributed by atoms with Crippen LogP contribution in [-0.2, 0) is 19.6 Å². The molecule has 1 saturated heterocycles. The highest BCUT2D eigenvalue weighted by Gasteiger charge is 2.28. The van der Waals surface area contributed by atoms with Crippen molar-refractivity contribution in [3.05, 3.63) is 53.6 Å². The van der Waals surface area contributed by atoms with Crippen LogP contribution < -0.4 is 14.9 Å². The van der Waals surface area contributed by atoms with E-state index < -0.39 is 33.8 Å². The van der Waals surface area contributed by atoms with E-state index in [1.54, 1.807) is 25.1 Å². The SMILES string of the molecule is CC[C@@H](C(=N)C(=O)c1ccc(N2CCC(NC[C@H](O)c3ccc(O)c(NS(C)(=O)=O)c3)CC2)cc1)C(=O)OC. The third kappa shape index (κ3) is 8.01. The average Bonchev–Trinajstić information content (AvgIpc) is 2.92. The smallest absolute Gasteiger partial charge is 0.314 e. The van der Waals surface area contributed by atoms with Crippen molar-refractivity contribution in [3.8, 4) is 5.75 Å². The zero-order valence-corrected chi connectivity index (χ0v) is 23.1. The van der Waals surface area contributed by atoms with Gasteiger partial charge in [0.2, 0.25) is 15.8 Å². The maximum Gasteiger partial charge on any atom is 0.314 e. The fourth-order valence-corrected chi connectivity index (χ4v) is 5.11. The minimum atomic E-state index is -3.57. The Morgan fingerprint density at radius 3 is 2.36 bits per heavy atom. The van der Waals surface area contributed by atoms with E-state index in [2.05, 4.69) is 14.9 Å². The Bertz CT molecular complexity index is 1290. The number of aromatic hydroxyl groups is 1. The molecule has 39 heavy (non-hydrogen) atoms. The number of esters is 1. The number of aliphatic hydroxyl groups excluding tert-OH is 1. The molecule has 12 heteroatoms. The van der Waals surface area contributed by atoms with Crippen molar-refractivity contribution in [2.24, 2.45) is 5.92 Å². The number of nitrogens with one attached hydrogen (secondary N) is 3. The highest BCUT2D eigenvalue weighted by atomic mass is 32.2. The van der Waals surface area contributed by atoms with Gasteiger partial charge in [-0.25, -0.2) is 8.42 Å². The number of ketones is 1. The van der Waals surface area contributed by atoms with E-state index in [1.165, 1.54) is 19.2 Å². The lowest BCUT2D eigenvalue weighted by molar-refractivity contribution is -0.143. The topological polar surface area (TPSA) is 169 Å². The molecular formula is C27H36N4O7S. The number of methoxy groups -OCH3 is 1. The summed E-state index contributed by atoms with van der Waals surface area (Å²) in [6.07, 6.45) is 2.06. The second-order valence-corrected chi connectivity index (χ2v) is 11.4. The quantitative estimate of drug-likeness (QED) is 0.113. The van der Waals surface area contributed by atoms with Gasteiger partial charge in [0.1, 0.15) is 11.7 Å². The molecule has 11 nitrogen and oxygen atoms in total. The Labute approximate surface area is 228 Å². The number of sulfonamides is 1. The number of rotatable bonds is 12. The van der Waals surface area contributed by atoms with Crippen LogP contribution in [0.2, 0.25) is 0 Å². The molecule has 2 atom stereocenters. The van der Waals surface area contributed by atoms with Crippen LogP contribution in [0.15, 0.2) is 42.5 Å². The molecule has 0 spiro atoms. The molecule has 2 aromatic carbocycles. The number of carbonyl (C=O) groups excluding carboxylic acids is 2. The molecule has 1 aliphatic heterocycles. The number of phenols is 1. The summed E-state index contributed by atoms with van der Waals surface area (Å²) in [5.41, 5.74) is 1.51. The molecule has 0 amide bonds. The molecule has 0 unspecified atom stereocenters. The van der Waals surface area contributed by atoms with Gasteiger partial charge in [-0.05, 0) is 61.2 Å². The van der Waals surface area contributed by atoms with Gasteiger partial charge in [-0.1, -0.05) is 13.0 Å². The van der Waals surface area contributed by atoms with Crippen LogP contribution in [0.25, 0.3) is 0 Å². The van der Waals surface area contributed by atoms with Crippen molar-refractivity contribution < 1.29 is 33.0 Å². The average molecular weight is 561 g/mol. The second kappa shape index (κ2) is 13.0. The number of piperidine rings is 1. The minimum Gasteiger partial charge on any atom is -0.506 e. The van der Waals surface area contributed by atoms with Gasteiger partial charge < -0.3 is 30.6 Å². The number of phenolic OH excluding ortho intramolecular Hbond substituents is 1. The summed E-state index contributed by atoms with van der Waals surface area (Å²) in [5.74, 6) is -2.19. The van der Waals surface area contributed by atoms with Gasteiger partial charge in [0, 0.05) is 36.9 Å². The van der Waals surface area contributed by atoms with Gasteiger partial charge in [0.25, 0.3) is 0 Å². The number of aliphatic hydroxyl groups is 1. The van der Waals surface area contributed by atoms with E-state index in [-0.39, 0.29) is 29.7 Å². The van der Waals surface area contributed by atoms with Crippen LogP contribution in [0.4, 0.5) is 11.4 Å². The van der Waals surface area contributed by atoms with Crippen LogP contribution in [0.1, 0.15) is 48.2 Å². The molecule has 0 radical (unpaired) electrons. The maximum absolute atomic E-state index is 12.7. The van der Waals surface area contributed by atoms with E-state index in [9.17, 15) is 28.2 Å². The molecule has 1 aliphatic rings. The summed E-state index contributed by atoms with van der Waals surface area (Å²) in [7, 11) is -2.33. The van der Waals surface area contributed by atoms with Crippen molar-refractivity contribution in [3.63, 3.8) is 0 Å². The lowest BCUT2D eigenvalue weighted by Gasteiger charge is -2.34. The van der Waals surface area contributed by atoms with Gasteiger partial charge in [-0.15, -0.1) is 0 Å². The van der Waals surface area contributed by atoms with Crippen LogP contribution >= 0.6 is 0 Å². The fourth-order valence-electron chi connectivity index (χ4n) is 4.55. The Hall–Kier alpha value is -3.48. The Balaban J connectivity index is 1.52. The number of anilines is 2. The molecule has 0 aliphatic carbocycles. The molecule has 0 saturated carbocycles. The van der Waals surface area contributed by atoms with Gasteiger partial charge in [0.15, 0.2) is 0 Å². The highest BCUT2D eigenvalue weighted by molar-refractivity contribution is 7.92. The van der Waals surface area contributed by atoms with E-state index in [4.69, 9.17) is 10.1 Å². The first kappa shape index (κ1) is 30.1. The first-order chi connectivity index (χ1) is 18.4. The van der Waals surface area contributed by atoms with Gasteiger partial charge in [-0.3, -0.25) is 14.3 Å². The molecule has 3 rings (SSSR count). The lowest BCUT2D eigenvalue weighted by atomic mass is 9.93. The fraction of sp³-hybridized carbons (Fsp3) is 0.444. The predicted molar refractivity (Wildman–Crippen MR) is 149 cm³/mol. The van der Waals surface area contributed by atoms with Crippen molar-refractivity contribution >= 4 is 38.9 Å². The summed E-state index contributed by atoms with van der Waals surface area (Å²) < 4.78 is 29.9. The predicted octanol–water partition coefficient (Wildman–Crippen LogP) is 2.46. The first-order valence-corrected chi connectivity index (χ1v) is 14.6. The number of carbonyl (C=O) groups is 2. The number of hydrogen-bond donors (Lipinski definition) is 5. The third-order valence-corrected chi connectivity index (χ3v) is 7.37. The molecule has 1 fully saturated rings. The van der Waals surface area contributed by atoms with Crippen LogP contribution in [-0.4, -0.2) is 75.1 Å². The van der Waals surface area contributed by atoms with E-state index >= 15 is 0 Å². The summed E-state index contributed by atoms with van der Waals surface area (Å²) in [6.45, 7) is 3.52. The van der Waals surface area contributed by atoms with E-state index in [0.29, 0.717) is 17.5 Å². The molecule has 212 valence electrons. The van der Waals surface area contributed by atoms with Crippen LogP contribution in [0.3, 0.4) is 0 Å². The van der Waals surface area contributed by atoms with Crippen molar-refractivity contribution in [1.29, 1.82) is 5.41 Å². The second-order valence-electron chi connectivity index (χ2n) is 9.61. The molecule has 0 bridgehead atoms. The van der Waals surface area contributed by atoms with Gasteiger partial charge in [-0.2, -0.15) is 0 Å². The number of hydrogen-bond acceptors (Lipinski definition) is 10. The van der Waals surface area contributed by atoms with Crippen LogP contribution in [0.5, 0.6) is 5.75 Å². The summed E-state index contributed by atoms with van der Waals surface area (Å²) in [4.78, 5) is 26.8. The molecule has 1 heterocycles. The number of ether oxygens (including phenoxy) is 1. The molecule has 5 N–H and O–H groups in total. The monoisotopic (exact) mass is 560 g/mol. The summed E-state index contributed by atoms with van der Waals surface area (Å²) >= 11 is 0. The number of Topliss-reactive ketones (excluding diaryl/α,β-unsaturated/α-hetero) is 1. The lowest BCUT2D eigenvalue weighted by Crippen LogP contribution is -2.43. The molecule has 0 aromatic heterocycles. The Kier molecular flexibility index (Phi) is 10.1. The first-order valence-electron chi connectivity index (χ1n) is 12.7.